The van der Waals surface area contributed by atoms with E-state index in [-0.39, 0.29) is 0 Å². The SMILES string of the molecule is Cn1ccc(Br)n1. The molecule has 0 fully saturated rings. The monoisotopic (exact) mass is 160 g/mol. The summed E-state index contributed by atoms with van der Waals surface area (Å²) < 4.78 is 2.62. The molecule has 0 atom stereocenters. The van der Waals surface area contributed by atoms with Gasteiger partial charge in [0.1, 0.15) is 4.60 Å². The van der Waals surface area contributed by atoms with E-state index < -0.39 is 0 Å². The Balaban J connectivity index is 3.04. The molecule has 0 bridgehead atoms. The molecule has 1 aromatic rings. The van der Waals surface area contributed by atoms with Crippen molar-refractivity contribution in [3.63, 3.8) is 0 Å². The smallest absolute Gasteiger partial charge is 0.128 e. The molecule has 0 radical (unpaired) electrons. The third kappa shape index (κ3) is 1.03. The molecule has 1 rings (SSSR count). The van der Waals surface area contributed by atoms with Gasteiger partial charge in [-0.15, -0.1) is 0 Å². The molecule has 7 heavy (non-hydrogen) atoms. The summed E-state index contributed by atoms with van der Waals surface area (Å²) in [5, 5.41) is 3.94. The predicted octanol–water partition coefficient (Wildman–Crippen LogP) is 1.18. The van der Waals surface area contributed by atoms with Crippen molar-refractivity contribution in [2.75, 3.05) is 0 Å². The van der Waals surface area contributed by atoms with Gasteiger partial charge in [0.05, 0.1) is 0 Å². The molecule has 0 aromatic carbocycles. The van der Waals surface area contributed by atoms with Crippen molar-refractivity contribution >= 4 is 15.9 Å². The maximum Gasteiger partial charge on any atom is 0.128 e. The fourth-order valence-electron chi connectivity index (χ4n) is 0.387. The van der Waals surface area contributed by atoms with Crippen LogP contribution in [0.4, 0.5) is 0 Å². The number of hydrogen-bond acceptors (Lipinski definition) is 1. The van der Waals surface area contributed by atoms with Gasteiger partial charge in [-0.1, -0.05) is 0 Å². The van der Waals surface area contributed by atoms with E-state index in [1.807, 2.05) is 19.3 Å². The van der Waals surface area contributed by atoms with E-state index in [0.29, 0.717) is 0 Å². The molecule has 0 saturated heterocycles. The van der Waals surface area contributed by atoms with Crippen molar-refractivity contribution in [1.29, 1.82) is 0 Å². The van der Waals surface area contributed by atoms with Crippen LogP contribution in [0.5, 0.6) is 0 Å². The molecule has 38 valence electrons. The molecule has 0 aliphatic rings. The Bertz CT molecular complexity index is 142. The second kappa shape index (κ2) is 1.66. The number of aryl methyl sites for hydroxylation is 1. The Labute approximate surface area is 50.3 Å². The van der Waals surface area contributed by atoms with E-state index in [4.69, 9.17) is 0 Å². The van der Waals surface area contributed by atoms with E-state index >= 15 is 0 Å². The van der Waals surface area contributed by atoms with E-state index in [1.54, 1.807) is 4.68 Å². The highest BCUT2D eigenvalue weighted by molar-refractivity contribution is 9.10. The highest BCUT2D eigenvalue weighted by Gasteiger charge is 1.84. The third-order valence-corrected chi connectivity index (χ3v) is 1.10. The Hall–Kier alpha value is -0.310. The Kier molecular flexibility index (Phi) is 1.15. The van der Waals surface area contributed by atoms with Crippen LogP contribution < -0.4 is 0 Å². The molecule has 2 nitrogen and oxygen atoms in total. The molecule has 0 N–H and O–H groups in total. The van der Waals surface area contributed by atoms with E-state index in [1.165, 1.54) is 0 Å². The van der Waals surface area contributed by atoms with Crippen molar-refractivity contribution in [3.8, 4) is 0 Å². The summed E-state index contributed by atoms with van der Waals surface area (Å²) >= 11 is 3.20. The first-order valence-corrected chi connectivity index (χ1v) is 2.73. The van der Waals surface area contributed by atoms with Gasteiger partial charge in [0.25, 0.3) is 0 Å². The maximum absolute atomic E-state index is 3.94. The number of aromatic nitrogens is 2. The predicted molar refractivity (Wildman–Crippen MR) is 30.9 cm³/mol. The van der Waals surface area contributed by atoms with Gasteiger partial charge in [-0.25, -0.2) is 0 Å². The lowest BCUT2D eigenvalue weighted by Crippen LogP contribution is -1.84. The minimum Gasteiger partial charge on any atom is -0.275 e. The van der Waals surface area contributed by atoms with E-state index in [0.717, 1.165) is 4.60 Å². The van der Waals surface area contributed by atoms with Crippen molar-refractivity contribution < 1.29 is 0 Å². The minimum atomic E-state index is 0.884. The zero-order valence-corrected chi connectivity index (χ0v) is 5.51. The van der Waals surface area contributed by atoms with Gasteiger partial charge in [-0.3, -0.25) is 4.68 Å². The van der Waals surface area contributed by atoms with Gasteiger partial charge in [0, 0.05) is 13.2 Å². The maximum atomic E-state index is 3.94. The van der Waals surface area contributed by atoms with Crippen LogP contribution >= 0.6 is 15.9 Å². The lowest BCUT2D eigenvalue weighted by Gasteiger charge is -1.79. The van der Waals surface area contributed by atoms with Crippen LogP contribution in [0.2, 0.25) is 0 Å². The molecule has 0 aliphatic carbocycles. The first-order chi connectivity index (χ1) is 3.29. The molecule has 0 spiro atoms. The summed E-state index contributed by atoms with van der Waals surface area (Å²) in [6, 6.07) is 1.89. The molecule has 1 heterocycles. The van der Waals surface area contributed by atoms with E-state index in [2.05, 4.69) is 21.0 Å². The van der Waals surface area contributed by atoms with Gasteiger partial charge in [-0.05, 0) is 22.0 Å². The lowest BCUT2D eigenvalue weighted by molar-refractivity contribution is 0.760. The number of hydrogen-bond donors (Lipinski definition) is 0. The average Bonchev–Trinajstić information content (AvgIpc) is 1.87. The summed E-state index contributed by atoms with van der Waals surface area (Å²) in [5.74, 6) is 0. The molecule has 1 aromatic heterocycles. The summed E-state index contributed by atoms with van der Waals surface area (Å²) in [6.45, 7) is 0. The summed E-state index contributed by atoms with van der Waals surface area (Å²) in [4.78, 5) is 0. The van der Waals surface area contributed by atoms with Gasteiger partial charge in [0.2, 0.25) is 0 Å². The molecule has 0 aliphatic heterocycles. The first-order valence-electron chi connectivity index (χ1n) is 1.94. The number of rotatable bonds is 0. The summed E-state index contributed by atoms with van der Waals surface area (Å²) in [6.07, 6.45) is 1.88. The zero-order valence-electron chi connectivity index (χ0n) is 3.93. The second-order valence-electron chi connectivity index (χ2n) is 1.31. The third-order valence-electron chi connectivity index (χ3n) is 0.681. The van der Waals surface area contributed by atoms with Crippen LogP contribution in [-0.2, 0) is 7.05 Å². The van der Waals surface area contributed by atoms with Gasteiger partial charge in [0.15, 0.2) is 0 Å². The highest BCUT2D eigenvalue weighted by Crippen LogP contribution is 2.01. The Morgan fingerprint density at radius 3 is 2.71 bits per heavy atom. The quantitative estimate of drug-likeness (QED) is 0.558. The molecule has 0 saturated carbocycles. The Morgan fingerprint density at radius 2 is 2.57 bits per heavy atom. The van der Waals surface area contributed by atoms with Crippen molar-refractivity contribution in [2.24, 2.45) is 7.05 Å². The first kappa shape index (κ1) is 4.84. The summed E-state index contributed by atoms with van der Waals surface area (Å²) in [5.41, 5.74) is 0. The highest BCUT2D eigenvalue weighted by atomic mass is 79.9. The molecule has 0 amide bonds. The van der Waals surface area contributed by atoms with Crippen LogP contribution in [0.3, 0.4) is 0 Å². The largest absolute Gasteiger partial charge is 0.275 e. The van der Waals surface area contributed by atoms with Crippen molar-refractivity contribution in [3.05, 3.63) is 16.9 Å². The minimum absolute atomic E-state index is 0.884. The fourth-order valence-corrected chi connectivity index (χ4v) is 0.755. The number of nitrogens with zero attached hydrogens (tertiary/aromatic N) is 2. The topological polar surface area (TPSA) is 17.8 Å². The average molecular weight is 161 g/mol. The molecular formula is C4H5BrN2. The van der Waals surface area contributed by atoms with E-state index in [9.17, 15) is 0 Å². The summed E-state index contributed by atoms with van der Waals surface area (Å²) in [7, 11) is 1.88. The normalized spacial score (nSPS) is 9.43. The number of halogens is 1. The van der Waals surface area contributed by atoms with Crippen LogP contribution in [0, 0.1) is 0 Å². The van der Waals surface area contributed by atoms with Crippen LogP contribution in [-0.4, -0.2) is 9.78 Å². The molecule has 0 unspecified atom stereocenters. The van der Waals surface area contributed by atoms with Gasteiger partial charge < -0.3 is 0 Å². The van der Waals surface area contributed by atoms with Crippen molar-refractivity contribution in [1.82, 2.24) is 9.78 Å². The zero-order chi connectivity index (χ0) is 5.28. The molecule has 3 heteroatoms. The van der Waals surface area contributed by atoms with Crippen LogP contribution in [0.25, 0.3) is 0 Å². The van der Waals surface area contributed by atoms with Gasteiger partial charge >= 0.3 is 0 Å². The standard InChI is InChI=1S/C4H5BrN2/c1-7-3-2-4(5)6-7/h2-3H,1H3. The van der Waals surface area contributed by atoms with Gasteiger partial charge in [-0.2, -0.15) is 5.10 Å². The van der Waals surface area contributed by atoms with Crippen molar-refractivity contribution in [2.45, 2.75) is 0 Å². The molecular weight excluding hydrogens is 156 g/mol. The fraction of sp³-hybridized carbons (Fsp3) is 0.250. The van der Waals surface area contributed by atoms with Crippen LogP contribution in [0.15, 0.2) is 16.9 Å². The van der Waals surface area contributed by atoms with Crippen LogP contribution in [0.1, 0.15) is 0 Å². The second-order valence-corrected chi connectivity index (χ2v) is 2.12. The lowest BCUT2D eigenvalue weighted by atomic mass is 10.8. The Morgan fingerprint density at radius 1 is 1.86 bits per heavy atom.